The van der Waals surface area contributed by atoms with Crippen molar-refractivity contribution >= 4 is 44.5 Å². The number of carbonyl (C=O) groups is 2. The quantitative estimate of drug-likeness (QED) is 0.195. The number of nitrogens with zero attached hydrogens (tertiary/aromatic N) is 2. The van der Waals surface area contributed by atoms with E-state index in [2.05, 4.69) is 4.72 Å². The standard InChI is InChI=1S/C34H38ClN3O6S/c1-24-10-8-11-25(2)32(24)43-20-19-38-30-16-9-15-29(35)28(30)22-31(38)33(39)36-45(41,42)21-17-27-14-6-7-18-37(27)34(40)44-23-26-12-4-3-5-13-26/h3-5,8-13,15-16,22,27H,6-7,14,17-21,23H2,1-2H3,(H,36,39). The molecule has 45 heavy (non-hydrogen) atoms. The zero-order valence-electron chi connectivity index (χ0n) is 25.5. The first-order valence-electron chi connectivity index (χ1n) is 15.1. The molecule has 0 spiro atoms. The molecule has 4 aromatic rings. The van der Waals surface area contributed by atoms with Gasteiger partial charge in [-0.2, -0.15) is 0 Å². The molecule has 1 N–H and O–H groups in total. The number of fused-ring (bicyclic) bond motifs is 1. The molecule has 1 aliphatic heterocycles. The van der Waals surface area contributed by atoms with Crippen molar-refractivity contribution in [3.8, 4) is 5.75 Å². The maximum atomic E-state index is 13.5. The van der Waals surface area contributed by atoms with Gasteiger partial charge in [0.2, 0.25) is 10.0 Å². The van der Waals surface area contributed by atoms with Crippen LogP contribution in [0.2, 0.25) is 5.02 Å². The molecule has 0 radical (unpaired) electrons. The molecule has 11 heteroatoms. The van der Waals surface area contributed by atoms with Crippen molar-refractivity contribution in [1.82, 2.24) is 14.2 Å². The van der Waals surface area contributed by atoms with Crippen LogP contribution in [0.1, 0.15) is 52.9 Å². The Morgan fingerprint density at radius 3 is 2.47 bits per heavy atom. The van der Waals surface area contributed by atoms with E-state index in [0.717, 1.165) is 35.3 Å². The van der Waals surface area contributed by atoms with E-state index in [0.29, 0.717) is 35.4 Å². The van der Waals surface area contributed by atoms with E-state index in [1.54, 1.807) is 27.7 Å². The maximum absolute atomic E-state index is 13.5. The Bertz CT molecular complexity index is 1750. The Morgan fingerprint density at radius 1 is 0.978 bits per heavy atom. The second-order valence-electron chi connectivity index (χ2n) is 11.3. The van der Waals surface area contributed by atoms with Crippen LogP contribution in [0.4, 0.5) is 4.79 Å². The SMILES string of the molecule is Cc1cccc(C)c1OCCn1c(C(=O)NS(=O)(=O)CCC2CCCCN2C(=O)OCc2ccccc2)cc2c(Cl)cccc21. The first kappa shape index (κ1) is 32.4. The fraction of sp³-hybridized carbons (Fsp3) is 0.353. The molecule has 0 aliphatic carbocycles. The molecule has 238 valence electrons. The van der Waals surface area contributed by atoms with Gasteiger partial charge < -0.3 is 18.9 Å². The van der Waals surface area contributed by atoms with E-state index in [1.807, 2.05) is 68.4 Å². The maximum Gasteiger partial charge on any atom is 0.410 e. The number of para-hydroxylation sites is 1. The van der Waals surface area contributed by atoms with Gasteiger partial charge in [-0.05, 0) is 74.4 Å². The van der Waals surface area contributed by atoms with Crippen LogP contribution < -0.4 is 9.46 Å². The predicted molar refractivity (Wildman–Crippen MR) is 175 cm³/mol. The molecule has 9 nitrogen and oxygen atoms in total. The monoisotopic (exact) mass is 651 g/mol. The van der Waals surface area contributed by atoms with Crippen LogP contribution in [0.15, 0.2) is 72.8 Å². The highest BCUT2D eigenvalue weighted by Gasteiger charge is 2.30. The molecule has 1 saturated heterocycles. The van der Waals surface area contributed by atoms with Crippen LogP contribution in [0, 0.1) is 13.8 Å². The summed E-state index contributed by atoms with van der Waals surface area (Å²) in [5.74, 6) is -0.291. The van der Waals surface area contributed by atoms with Gasteiger partial charge in [-0.25, -0.2) is 17.9 Å². The lowest BCUT2D eigenvalue weighted by Crippen LogP contribution is -2.45. The van der Waals surface area contributed by atoms with E-state index in [1.165, 1.54) is 0 Å². The number of piperidine rings is 1. The molecule has 1 aliphatic rings. The highest BCUT2D eigenvalue weighted by atomic mass is 35.5. The zero-order chi connectivity index (χ0) is 32.0. The Morgan fingerprint density at radius 2 is 1.71 bits per heavy atom. The van der Waals surface area contributed by atoms with Gasteiger partial charge in [0.25, 0.3) is 5.91 Å². The number of sulfonamides is 1. The number of ether oxygens (including phenoxy) is 2. The van der Waals surface area contributed by atoms with Crippen molar-refractivity contribution in [2.45, 2.75) is 58.7 Å². The highest BCUT2D eigenvalue weighted by molar-refractivity contribution is 7.90. The number of likely N-dealkylation sites (tertiary alicyclic amines) is 1. The summed E-state index contributed by atoms with van der Waals surface area (Å²) in [5, 5.41) is 1.09. The Labute approximate surface area is 269 Å². The fourth-order valence-electron chi connectivity index (χ4n) is 5.82. The Kier molecular flexibility index (Phi) is 10.4. The minimum Gasteiger partial charge on any atom is -0.491 e. The third-order valence-electron chi connectivity index (χ3n) is 8.13. The summed E-state index contributed by atoms with van der Waals surface area (Å²) in [4.78, 5) is 28.0. The lowest BCUT2D eigenvalue weighted by Gasteiger charge is -2.34. The highest BCUT2D eigenvalue weighted by Crippen LogP contribution is 2.28. The molecular formula is C34H38ClN3O6S. The topological polar surface area (TPSA) is 107 Å². The summed E-state index contributed by atoms with van der Waals surface area (Å²) in [6.45, 7) is 5.13. The van der Waals surface area contributed by atoms with E-state index < -0.39 is 22.0 Å². The van der Waals surface area contributed by atoms with E-state index in [-0.39, 0.29) is 37.1 Å². The van der Waals surface area contributed by atoms with Crippen LogP contribution in [-0.4, -0.2) is 54.8 Å². The summed E-state index contributed by atoms with van der Waals surface area (Å²) in [7, 11) is -4.03. The Hall–Kier alpha value is -4.02. The lowest BCUT2D eigenvalue weighted by atomic mass is 10.0. The van der Waals surface area contributed by atoms with Crippen LogP contribution in [0.3, 0.4) is 0 Å². The zero-order valence-corrected chi connectivity index (χ0v) is 27.1. The molecule has 2 amide bonds. The summed E-state index contributed by atoms with van der Waals surface area (Å²) in [6, 6.07) is 21.9. The predicted octanol–water partition coefficient (Wildman–Crippen LogP) is 6.63. The van der Waals surface area contributed by atoms with Gasteiger partial charge in [0.05, 0.1) is 17.8 Å². The van der Waals surface area contributed by atoms with Crippen molar-refractivity contribution in [1.29, 1.82) is 0 Å². The van der Waals surface area contributed by atoms with Gasteiger partial charge in [-0.3, -0.25) is 4.79 Å². The molecule has 5 rings (SSSR count). The second-order valence-corrected chi connectivity index (χ2v) is 13.6. The number of nitrogens with one attached hydrogen (secondary N) is 1. The van der Waals surface area contributed by atoms with Crippen LogP contribution in [-0.2, 0) is 27.9 Å². The average molecular weight is 652 g/mol. The number of halogens is 1. The van der Waals surface area contributed by atoms with E-state index in [4.69, 9.17) is 21.1 Å². The summed E-state index contributed by atoms with van der Waals surface area (Å²) in [6.07, 6.45) is 2.08. The number of amides is 2. The van der Waals surface area contributed by atoms with Gasteiger partial charge in [-0.1, -0.05) is 66.2 Å². The van der Waals surface area contributed by atoms with Gasteiger partial charge in [0.15, 0.2) is 0 Å². The molecule has 2 heterocycles. The third-order valence-corrected chi connectivity index (χ3v) is 9.73. The molecular weight excluding hydrogens is 614 g/mol. The van der Waals surface area contributed by atoms with Crippen LogP contribution in [0.25, 0.3) is 10.9 Å². The molecule has 3 aromatic carbocycles. The minimum atomic E-state index is -4.03. The summed E-state index contributed by atoms with van der Waals surface area (Å²) < 4.78 is 41.9. The van der Waals surface area contributed by atoms with Gasteiger partial charge in [-0.15, -0.1) is 0 Å². The first-order valence-corrected chi connectivity index (χ1v) is 17.1. The number of benzene rings is 3. The number of aryl methyl sites for hydroxylation is 2. The van der Waals surface area contributed by atoms with E-state index in [9.17, 15) is 18.0 Å². The molecule has 0 saturated carbocycles. The largest absolute Gasteiger partial charge is 0.491 e. The number of carbonyl (C=O) groups excluding carboxylic acids is 2. The number of hydrogen-bond donors (Lipinski definition) is 1. The molecule has 1 atom stereocenters. The smallest absolute Gasteiger partial charge is 0.410 e. The number of aromatic nitrogens is 1. The van der Waals surface area contributed by atoms with E-state index >= 15 is 0 Å². The number of hydrogen-bond acceptors (Lipinski definition) is 6. The average Bonchev–Trinajstić information content (AvgIpc) is 3.41. The van der Waals surface area contributed by atoms with Crippen molar-refractivity contribution < 1.29 is 27.5 Å². The third kappa shape index (κ3) is 7.99. The van der Waals surface area contributed by atoms with Crippen molar-refractivity contribution in [3.05, 3.63) is 100 Å². The van der Waals surface area contributed by atoms with Crippen molar-refractivity contribution in [2.75, 3.05) is 18.9 Å². The fourth-order valence-corrected chi connectivity index (χ4v) is 7.12. The van der Waals surface area contributed by atoms with Gasteiger partial charge >= 0.3 is 6.09 Å². The second kappa shape index (κ2) is 14.4. The molecule has 1 fully saturated rings. The van der Waals surface area contributed by atoms with Crippen molar-refractivity contribution in [3.63, 3.8) is 0 Å². The van der Waals surface area contributed by atoms with Crippen LogP contribution >= 0.6 is 11.6 Å². The molecule has 1 aromatic heterocycles. The molecule has 0 bridgehead atoms. The molecule has 1 unspecified atom stereocenters. The van der Waals surface area contributed by atoms with Crippen LogP contribution in [0.5, 0.6) is 5.75 Å². The normalized spacial score (nSPS) is 15.2. The summed E-state index contributed by atoms with van der Waals surface area (Å²) >= 11 is 6.45. The summed E-state index contributed by atoms with van der Waals surface area (Å²) in [5.41, 5.74) is 3.73. The number of rotatable bonds is 11. The lowest BCUT2D eigenvalue weighted by molar-refractivity contribution is 0.0672. The van der Waals surface area contributed by atoms with Crippen molar-refractivity contribution in [2.24, 2.45) is 0 Å². The van der Waals surface area contributed by atoms with Gasteiger partial charge in [0, 0.05) is 23.0 Å². The first-order chi connectivity index (χ1) is 21.6. The van der Waals surface area contributed by atoms with Gasteiger partial charge in [0.1, 0.15) is 24.7 Å². The Balaban J connectivity index is 1.25. The minimum absolute atomic E-state index is 0.144.